The maximum atomic E-state index is 3.73. The molecule has 9 aromatic rings. The Labute approximate surface area is 261 Å². The number of nitrogens with one attached hydrogen (secondary N) is 1. The van der Waals surface area contributed by atoms with E-state index in [9.17, 15) is 0 Å². The Hall–Kier alpha value is -6.06. The molecule has 0 atom stereocenters. The van der Waals surface area contributed by atoms with Crippen molar-refractivity contribution in [1.82, 2.24) is 9.13 Å². The maximum Gasteiger partial charge on any atom is 0.0562 e. The van der Waals surface area contributed by atoms with Crippen molar-refractivity contribution in [1.29, 1.82) is 0 Å². The lowest BCUT2D eigenvalue weighted by Crippen LogP contribution is -1.98. The van der Waals surface area contributed by atoms with Crippen molar-refractivity contribution >= 4 is 55.0 Å². The Kier molecular flexibility index (Phi) is 5.82. The van der Waals surface area contributed by atoms with Gasteiger partial charge in [0, 0.05) is 44.2 Å². The number of fused-ring (bicyclic) bond motifs is 6. The predicted octanol–water partition coefficient (Wildman–Crippen LogP) is 11.3. The molecule has 1 N–H and O–H groups in total. The lowest BCUT2D eigenvalue weighted by atomic mass is 10.0. The highest BCUT2D eigenvalue weighted by molar-refractivity contribution is 6.16. The number of aromatic nitrogens is 2. The van der Waals surface area contributed by atoms with Gasteiger partial charge in [-0.1, -0.05) is 115 Å². The zero-order chi connectivity index (χ0) is 29.7. The Morgan fingerprint density at radius 1 is 0.400 bits per heavy atom. The van der Waals surface area contributed by atoms with Gasteiger partial charge in [-0.05, 0) is 60.2 Å². The quantitative estimate of drug-likeness (QED) is 0.217. The van der Waals surface area contributed by atoms with Gasteiger partial charge in [0.2, 0.25) is 0 Å². The fourth-order valence-electron chi connectivity index (χ4n) is 6.99. The van der Waals surface area contributed by atoms with Gasteiger partial charge in [-0.15, -0.1) is 0 Å². The zero-order valence-electron chi connectivity index (χ0n) is 24.6. The van der Waals surface area contributed by atoms with Crippen molar-refractivity contribution in [2.75, 3.05) is 5.32 Å². The largest absolute Gasteiger partial charge is 0.355 e. The van der Waals surface area contributed by atoms with Crippen molar-refractivity contribution in [3.05, 3.63) is 170 Å². The second-order valence-electron chi connectivity index (χ2n) is 11.5. The highest BCUT2D eigenvalue weighted by atomic mass is 15.0. The normalized spacial score (nSPS) is 11.6. The summed E-state index contributed by atoms with van der Waals surface area (Å²) in [7, 11) is 0. The minimum absolute atomic E-state index is 1.04. The minimum atomic E-state index is 1.04. The van der Waals surface area contributed by atoms with Gasteiger partial charge in [0.25, 0.3) is 0 Å². The molecule has 0 aliphatic carbocycles. The van der Waals surface area contributed by atoms with Gasteiger partial charge >= 0.3 is 0 Å². The van der Waals surface area contributed by atoms with Gasteiger partial charge in [0.05, 0.1) is 27.8 Å². The van der Waals surface area contributed by atoms with E-state index in [2.05, 4.69) is 184 Å². The molecule has 0 unspecified atom stereocenters. The van der Waals surface area contributed by atoms with Crippen LogP contribution in [0.2, 0.25) is 0 Å². The van der Waals surface area contributed by atoms with Crippen LogP contribution in [0.4, 0.5) is 11.4 Å². The number of nitrogens with zero attached hydrogens (tertiary/aromatic N) is 2. The third kappa shape index (κ3) is 4.05. The molecule has 0 saturated heterocycles. The Morgan fingerprint density at radius 3 is 1.73 bits per heavy atom. The molecule has 0 spiro atoms. The summed E-state index contributed by atoms with van der Waals surface area (Å²) in [6.07, 6.45) is 0. The van der Waals surface area contributed by atoms with Crippen LogP contribution in [0.5, 0.6) is 0 Å². The molecule has 2 heterocycles. The molecule has 0 aliphatic heterocycles. The van der Waals surface area contributed by atoms with Crippen molar-refractivity contribution < 1.29 is 0 Å². The molecule has 0 aliphatic rings. The lowest BCUT2D eigenvalue weighted by Gasteiger charge is -2.15. The first-order valence-corrected chi connectivity index (χ1v) is 15.4. The van der Waals surface area contributed by atoms with E-state index in [4.69, 9.17) is 0 Å². The molecule has 0 bridgehead atoms. The van der Waals surface area contributed by atoms with Crippen LogP contribution in [-0.2, 0) is 0 Å². The van der Waals surface area contributed by atoms with E-state index in [1.165, 1.54) is 60.4 Å². The summed E-state index contributed by atoms with van der Waals surface area (Å²) >= 11 is 0. The van der Waals surface area contributed by atoms with Gasteiger partial charge in [-0.3, -0.25) is 0 Å². The molecule has 0 fully saturated rings. The number of hydrogen-bond donors (Lipinski definition) is 1. The summed E-state index contributed by atoms with van der Waals surface area (Å²) in [6, 6.07) is 60.7. The van der Waals surface area contributed by atoms with Crippen LogP contribution in [-0.4, -0.2) is 9.13 Å². The molecule has 3 heteroatoms. The predicted molar refractivity (Wildman–Crippen MR) is 190 cm³/mol. The molecule has 9 rings (SSSR count). The van der Waals surface area contributed by atoms with Crippen LogP contribution in [0, 0.1) is 0 Å². The first-order chi connectivity index (χ1) is 22.3. The van der Waals surface area contributed by atoms with Gasteiger partial charge in [0.1, 0.15) is 0 Å². The summed E-state index contributed by atoms with van der Waals surface area (Å²) in [5.41, 5.74) is 11.6. The second kappa shape index (κ2) is 10.3. The molecule has 212 valence electrons. The van der Waals surface area contributed by atoms with Gasteiger partial charge in [0.15, 0.2) is 0 Å². The van der Waals surface area contributed by atoms with Gasteiger partial charge < -0.3 is 14.5 Å². The molecule has 0 saturated carbocycles. The van der Waals surface area contributed by atoms with Gasteiger partial charge in [-0.2, -0.15) is 0 Å². The van der Waals surface area contributed by atoms with E-state index < -0.39 is 0 Å². The van der Waals surface area contributed by atoms with E-state index >= 15 is 0 Å². The number of para-hydroxylation sites is 4. The van der Waals surface area contributed by atoms with Gasteiger partial charge in [-0.25, -0.2) is 0 Å². The summed E-state index contributed by atoms with van der Waals surface area (Å²) in [5, 5.41) is 8.74. The van der Waals surface area contributed by atoms with E-state index in [0.717, 1.165) is 17.1 Å². The minimum Gasteiger partial charge on any atom is -0.355 e. The van der Waals surface area contributed by atoms with Crippen LogP contribution in [0.1, 0.15) is 0 Å². The molecule has 7 aromatic carbocycles. The van der Waals surface area contributed by atoms with E-state index in [1.807, 2.05) is 0 Å². The van der Waals surface area contributed by atoms with Crippen molar-refractivity contribution in [2.24, 2.45) is 0 Å². The van der Waals surface area contributed by atoms with Crippen LogP contribution >= 0.6 is 0 Å². The van der Waals surface area contributed by atoms with Crippen LogP contribution < -0.4 is 5.32 Å². The Balaban J connectivity index is 1.25. The molecule has 45 heavy (non-hydrogen) atoms. The molecule has 3 nitrogen and oxygen atoms in total. The first kappa shape index (κ1) is 25.4. The van der Waals surface area contributed by atoms with Crippen molar-refractivity contribution in [2.45, 2.75) is 0 Å². The topological polar surface area (TPSA) is 21.9 Å². The summed E-state index contributed by atoms with van der Waals surface area (Å²) in [5.74, 6) is 0. The number of benzene rings is 7. The standard InChI is InChI=1S/C42H29N3/c1-2-14-29(15-3-1)32-18-4-8-22-36(32)43-30-16-12-17-31(28-30)44-39-25-11-7-21-35(39)42-40(44)26-13-27-41(42)45-37-23-9-5-19-33(37)34-20-6-10-24-38(34)45/h1-28,43H. The molecule has 0 radical (unpaired) electrons. The van der Waals surface area contributed by atoms with Crippen LogP contribution in [0.15, 0.2) is 170 Å². The average molecular weight is 576 g/mol. The average Bonchev–Trinajstić information content (AvgIpc) is 3.62. The molecular weight excluding hydrogens is 546 g/mol. The van der Waals surface area contributed by atoms with E-state index in [1.54, 1.807) is 0 Å². The van der Waals surface area contributed by atoms with Crippen molar-refractivity contribution in [3.63, 3.8) is 0 Å². The third-order valence-corrected chi connectivity index (χ3v) is 8.89. The Bertz CT molecular complexity index is 2460. The maximum absolute atomic E-state index is 3.73. The van der Waals surface area contributed by atoms with E-state index in [0.29, 0.717) is 0 Å². The fourth-order valence-corrected chi connectivity index (χ4v) is 6.99. The summed E-state index contributed by atoms with van der Waals surface area (Å²) in [6.45, 7) is 0. The molecular formula is C42H29N3. The smallest absolute Gasteiger partial charge is 0.0562 e. The molecule has 0 amide bonds. The first-order valence-electron chi connectivity index (χ1n) is 15.4. The van der Waals surface area contributed by atoms with Crippen molar-refractivity contribution in [3.8, 4) is 22.5 Å². The van der Waals surface area contributed by atoms with Crippen LogP contribution in [0.3, 0.4) is 0 Å². The monoisotopic (exact) mass is 575 g/mol. The number of rotatable bonds is 5. The second-order valence-corrected chi connectivity index (χ2v) is 11.5. The Morgan fingerprint density at radius 2 is 0.978 bits per heavy atom. The third-order valence-electron chi connectivity index (χ3n) is 8.89. The van der Waals surface area contributed by atoms with Crippen LogP contribution in [0.25, 0.3) is 66.1 Å². The fraction of sp³-hybridized carbons (Fsp3) is 0. The highest BCUT2D eigenvalue weighted by Crippen LogP contribution is 2.40. The highest BCUT2D eigenvalue weighted by Gasteiger charge is 2.19. The molecule has 2 aromatic heterocycles. The summed E-state index contributed by atoms with van der Waals surface area (Å²) < 4.78 is 4.83. The van der Waals surface area contributed by atoms with E-state index in [-0.39, 0.29) is 0 Å². The summed E-state index contributed by atoms with van der Waals surface area (Å²) in [4.78, 5) is 0. The number of hydrogen-bond acceptors (Lipinski definition) is 1. The SMILES string of the molecule is c1ccc(-c2ccccc2Nc2cccc(-n3c4ccccc4c4c(-n5c6ccccc6c6ccccc65)cccc43)c2)cc1. The number of anilines is 2. The lowest BCUT2D eigenvalue weighted by molar-refractivity contribution is 1.17. The zero-order valence-corrected chi connectivity index (χ0v) is 24.6.